The van der Waals surface area contributed by atoms with Crippen molar-refractivity contribution in [3.63, 3.8) is 0 Å². The molecule has 28 heavy (non-hydrogen) atoms. The summed E-state index contributed by atoms with van der Waals surface area (Å²) in [4.78, 5) is 14.0. The normalized spacial score (nSPS) is 11.0. The van der Waals surface area contributed by atoms with E-state index in [2.05, 4.69) is 36.6 Å². The number of para-hydroxylation sites is 1. The summed E-state index contributed by atoms with van der Waals surface area (Å²) < 4.78 is 1.91. The lowest BCUT2D eigenvalue weighted by atomic mass is 10.1. The van der Waals surface area contributed by atoms with Crippen LogP contribution < -0.4 is 10.2 Å². The van der Waals surface area contributed by atoms with Gasteiger partial charge in [0, 0.05) is 23.4 Å². The van der Waals surface area contributed by atoms with Crippen LogP contribution in [0.1, 0.15) is 28.1 Å². The number of nitrogens with zero attached hydrogens (tertiary/aromatic N) is 2. The predicted molar refractivity (Wildman–Crippen MR) is 112 cm³/mol. The molecule has 0 aliphatic rings. The summed E-state index contributed by atoms with van der Waals surface area (Å²) in [5, 5.41) is 7.71. The minimum absolute atomic E-state index is 0.0193. The van der Waals surface area contributed by atoms with Crippen molar-refractivity contribution < 1.29 is 9.69 Å². The fourth-order valence-electron chi connectivity index (χ4n) is 3.45. The lowest BCUT2D eigenvalue weighted by molar-refractivity contribution is -0.872. The number of aromatic nitrogens is 2. The molecule has 0 bridgehead atoms. The molecule has 2 aromatic carbocycles. The number of nitrogens with one attached hydrogen (secondary N) is 2. The van der Waals surface area contributed by atoms with E-state index < -0.39 is 0 Å². The molecule has 1 aromatic heterocycles. The van der Waals surface area contributed by atoms with E-state index >= 15 is 0 Å². The zero-order chi connectivity index (χ0) is 20.1. The Balaban J connectivity index is 1.69. The summed E-state index contributed by atoms with van der Waals surface area (Å²) in [6.07, 6.45) is 0.339. The van der Waals surface area contributed by atoms with E-state index in [1.165, 1.54) is 16.0 Å². The number of quaternary nitrogens is 1. The number of hydrogen-bond donors (Lipinski definition) is 2. The monoisotopic (exact) mass is 377 g/mol. The van der Waals surface area contributed by atoms with Gasteiger partial charge >= 0.3 is 0 Å². The fourth-order valence-corrected chi connectivity index (χ4v) is 3.45. The molecule has 3 rings (SSSR count). The van der Waals surface area contributed by atoms with Crippen LogP contribution in [0.4, 0.5) is 0 Å². The Bertz CT molecular complexity index is 944. The first-order chi connectivity index (χ1) is 13.5. The van der Waals surface area contributed by atoms with Gasteiger partial charge in [-0.1, -0.05) is 42.5 Å². The van der Waals surface area contributed by atoms with Crippen molar-refractivity contribution in [3.8, 4) is 5.69 Å². The van der Waals surface area contributed by atoms with Crippen LogP contribution >= 0.6 is 0 Å². The van der Waals surface area contributed by atoms with E-state index in [-0.39, 0.29) is 5.91 Å². The summed E-state index contributed by atoms with van der Waals surface area (Å²) in [6.45, 7) is 5.47. The maximum atomic E-state index is 12.6. The van der Waals surface area contributed by atoms with E-state index in [0.29, 0.717) is 13.0 Å². The fraction of sp³-hybridized carbons (Fsp3) is 0.304. The minimum Gasteiger partial charge on any atom is -0.352 e. The van der Waals surface area contributed by atoms with Crippen LogP contribution in [0.15, 0.2) is 54.6 Å². The average Bonchev–Trinajstić information content (AvgIpc) is 2.96. The van der Waals surface area contributed by atoms with Crippen molar-refractivity contribution in [2.24, 2.45) is 0 Å². The maximum Gasteiger partial charge on any atom is 0.224 e. The largest absolute Gasteiger partial charge is 0.352 e. The Morgan fingerprint density at radius 3 is 2.32 bits per heavy atom. The third-order valence-electron chi connectivity index (χ3n) is 4.92. The molecule has 146 valence electrons. The van der Waals surface area contributed by atoms with Gasteiger partial charge in [0.05, 0.1) is 31.9 Å². The zero-order valence-electron chi connectivity index (χ0n) is 17.1. The molecule has 0 spiro atoms. The first kappa shape index (κ1) is 19.8. The second-order valence-corrected chi connectivity index (χ2v) is 7.50. The van der Waals surface area contributed by atoms with Gasteiger partial charge in [-0.25, -0.2) is 4.68 Å². The molecule has 5 nitrogen and oxygen atoms in total. The molecule has 0 aliphatic carbocycles. The molecule has 0 radical (unpaired) electrons. The standard InChI is InChI=1S/C23H28N4O/c1-17-22(18(2)27(25-17)21-12-6-5-7-13-21)14-23(28)24-15-19-10-8-9-11-20(19)16-26(3)4/h5-13H,14-16H2,1-4H3,(H,24,28)/p+1. The van der Waals surface area contributed by atoms with Gasteiger partial charge in [-0.2, -0.15) is 5.10 Å². The molecule has 0 fully saturated rings. The number of carbonyl (C=O) groups excluding carboxylic acids is 1. The number of benzene rings is 2. The van der Waals surface area contributed by atoms with Crippen molar-refractivity contribution >= 4 is 5.91 Å². The van der Waals surface area contributed by atoms with E-state index in [1.54, 1.807) is 0 Å². The van der Waals surface area contributed by atoms with Gasteiger partial charge in [0.15, 0.2) is 0 Å². The molecular weight excluding hydrogens is 348 g/mol. The molecule has 0 aliphatic heterocycles. The van der Waals surface area contributed by atoms with E-state index in [4.69, 9.17) is 0 Å². The summed E-state index contributed by atoms with van der Waals surface area (Å²) in [7, 11) is 4.26. The van der Waals surface area contributed by atoms with Gasteiger partial charge in [0.1, 0.15) is 6.54 Å². The smallest absolute Gasteiger partial charge is 0.224 e. The Morgan fingerprint density at radius 1 is 1.00 bits per heavy atom. The van der Waals surface area contributed by atoms with Gasteiger partial charge in [-0.15, -0.1) is 0 Å². The first-order valence-electron chi connectivity index (χ1n) is 9.68. The predicted octanol–water partition coefficient (Wildman–Crippen LogP) is 1.99. The lowest BCUT2D eigenvalue weighted by Crippen LogP contribution is -3.04. The average molecular weight is 378 g/mol. The summed E-state index contributed by atoms with van der Waals surface area (Å²) in [6, 6.07) is 18.3. The molecule has 1 heterocycles. The molecule has 5 heteroatoms. The second-order valence-electron chi connectivity index (χ2n) is 7.50. The topological polar surface area (TPSA) is 51.4 Å². The number of rotatable bonds is 7. The van der Waals surface area contributed by atoms with Crippen LogP contribution in [-0.4, -0.2) is 29.8 Å². The van der Waals surface area contributed by atoms with Crippen molar-refractivity contribution in [1.29, 1.82) is 0 Å². The molecule has 1 amide bonds. The second kappa shape index (κ2) is 8.85. The van der Waals surface area contributed by atoms with Crippen LogP contribution in [0.25, 0.3) is 5.69 Å². The third-order valence-corrected chi connectivity index (χ3v) is 4.92. The number of amides is 1. The van der Waals surface area contributed by atoms with Crippen LogP contribution in [0, 0.1) is 13.8 Å². The van der Waals surface area contributed by atoms with E-state index in [9.17, 15) is 4.79 Å². The summed E-state index contributed by atoms with van der Waals surface area (Å²) in [5.74, 6) is 0.0193. The Hall–Kier alpha value is -2.92. The van der Waals surface area contributed by atoms with Gasteiger partial charge in [-0.05, 0) is 31.5 Å². The highest BCUT2D eigenvalue weighted by molar-refractivity contribution is 5.79. The highest BCUT2D eigenvalue weighted by Gasteiger charge is 2.16. The Labute approximate surface area is 167 Å². The van der Waals surface area contributed by atoms with E-state index in [1.807, 2.05) is 61.0 Å². The summed E-state index contributed by atoms with van der Waals surface area (Å²) >= 11 is 0. The highest BCUT2D eigenvalue weighted by Crippen LogP contribution is 2.18. The number of hydrogen-bond acceptors (Lipinski definition) is 2. The molecular formula is C23H29N4O+. The maximum absolute atomic E-state index is 12.6. The zero-order valence-corrected chi connectivity index (χ0v) is 17.1. The molecule has 0 saturated heterocycles. The molecule has 0 atom stereocenters. The molecule has 0 saturated carbocycles. The van der Waals surface area contributed by atoms with E-state index in [0.717, 1.165) is 29.2 Å². The van der Waals surface area contributed by atoms with Gasteiger partial charge in [0.2, 0.25) is 5.91 Å². The van der Waals surface area contributed by atoms with Crippen molar-refractivity contribution in [1.82, 2.24) is 15.1 Å². The van der Waals surface area contributed by atoms with Crippen molar-refractivity contribution in [3.05, 3.63) is 82.7 Å². The van der Waals surface area contributed by atoms with Crippen molar-refractivity contribution in [2.75, 3.05) is 14.1 Å². The first-order valence-corrected chi connectivity index (χ1v) is 9.68. The van der Waals surface area contributed by atoms with Crippen LogP contribution in [-0.2, 0) is 24.3 Å². The van der Waals surface area contributed by atoms with Crippen LogP contribution in [0.5, 0.6) is 0 Å². The molecule has 2 N–H and O–H groups in total. The third kappa shape index (κ3) is 4.67. The quantitative estimate of drug-likeness (QED) is 0.662. The number of aryl methyl sites for hydroxylation is 1. The van der Waals surface area contributed by atoms with Crippen LogP contribution in [0.3, 0.4) is 0 Å². The van der Waals surface area contributed by atoms with Gasteiger partial charge in [-0.3, -0.25) is 4.79 Å². The molecule has 3 aromatic rings. The van der Waals surface area contributed by atoms with Gasteiger partial charge < -0.3 is 10.2 Å². The lowest BCUT2D eigenvalue weighted by Gasteiger charge is -2.13. The van der Waals surface area contributed by atoms with Crippen LogP contribution in [0.2, 0.25) is 0 Å². The van der Waals surface area contributed by atoms with Crippen molar-refractivity contribution in [2.45, 2.75) is 33.4 Å². The Morgan fingerprint density at radius 2 is 1.64 bits per heavy atom. The Kier molecular flexibility index (Phi) is 6.26. The minimum atomic E-state index is 0.0193. The number of carbonyl (C=O) groups is 1. The summed E-state index contributed by atoms with van der Waals surface area (Å²) in [5.41, 5.74) is 6.35. The molecule has 0 unspecified atom stereocenters. The van der Waals surface area contributed by atoms with Gasteiger partial charge in [0.25, 0.3) is 0 Å². The highest BCUT2D eigenvalue weighted by atomic mass is 16.1. The SMILES string of the molecule is Cc1nn(-c2ccccc2)c(C)c1CC(=O)NCc1ccccc1C[NH+](C)C.